The number of nitrogens with zero attached hydrogens (tertiary/aromatic N) is 1. The zero-order valence-electron chi connectivity index (χ0n) is 5.79. The first-order valence-corrected chi connectivity index (χ1v) is 3.37. The second kappa shape index (κ2) is 2.35. The molecule has 5 nitrogen and oxygen atoms in total. The Balaban J connectivity index is 2.17. The molecular weight excluding hydrogens is 144 g/mol. The van der Waals surface area contributed by atoms with Gasteiger partial charge in [0.15, 0.2) is 0 Å². The first kappa shape index (κ1) is 6.36. The van der Waals surface area contributed by atoms with Gasteiger partial charge in [-0.15, -0.1) is 0 Å². The molecule has 0 radical (unpaired) electrons. The maximum Gasteiger partial charge on any atom is 0.238 e. The van der Waals surface area contributed by atoms with Crippen LogP contribution in [0.15, 0.2) is 16.9 Å². The van der Waals surface area contributed by atoms with Crippen molar-refractivity contribution in [3.63, 3.8) is 0 Å². The molecule has 58 valence electrons. The number of rotatable bonds is 0. The van der Waals surface area contributed by atoms with E-state index in [0.29, 0.717) is 6.54 Å². The Morgan fingerprint density at radius 1 is 1.64 bits per heavy atom. The van der Waals surface area contributed by atoms with Crippen LogP contribution >= 0.6 is 0 Å². The van der Waals surface area contributed by atoms with Gasteiger partial charge in [-0.05, 0) is 0 Å². The summed E-state index contributed by atoms with van der Waals surface area (Å²) < 4.78 is 0. The van der Waals surface area contributed by atoms with E-state index < -0.39 is 0 Å². The number of carbonyl (C=O) groups excluding carboxylic acids is 1. The van der Waals surface area contributed by atoms with Crippen molar-refractivity contribution < 1.29 is 4.79 Å². The molecule has 5 heteroatoms. The topological polar surface area (TPSA) is 65.5 Å². The molecule has 0 saturated carbocycles. The maximum absolute atomic E-state index is 10.8. The first-order chi connectivity index (χ1) is 5.36. The van der Waals surface area contributed by atoms with Crippen molar-refractivity contribution in [1.29, 1.82) is 0 Å². The smallest absolute Gasteiger partial charge is 0.238 e. The molecule has 0 aromatic heterocycles. The third-order valence-corrected chi connectivity index (χ3v) is 1.57. The lowest BCUT2D eigenvalue weighted by molar-refractivity contribution is -0.120. The van der Waals surface area contributed by atoms with Crippen molar-refractivity contribution >= 4 is 12.2 Å². The molecule has 1 unspecified atom stereocenters. The van der Waals surface area contributed by atoms with Gasteiger partial charge in [0.05, 0.1) is 18.6 Å². The average molecular weight is 152 g/mol. The second-order valence-corrected chi connectivity index (χ2v) is 2.38. The van der Waals surface area contributed by atoms with E-state index in [9.17, 15) is 4.79 Å². The standard InChI is InChI=1S/C6H8N4O/c11-5-2-8-6-4(10-5)1-7-3-9-6/h1,3,6,8H,2H2,(H,7,9)(H,10,11). The lowest BCUT2D eigenvalue weighted by Gasteiger charge is -2.25. The van der Waals surface area contributed by atoms with Crippen LogP contribution in [0.25, 0.3) is 0 Å². The van der Waals surface area contributed by atoms with Crippen LogP contribution in [0.4, 0.5) is 0 Å². The summed E-state index contributed by atoms with van der Waals surface area (Å²) in [4.78, 5) is 14.9. The molecule has 0 aliphatic carbocycles. The summed E-state index contributed by atoms with van der Waals surface area (Å²) in [6.07, 6.45) is 3.24. The predicted octanol–water partition coefficient (Wildman–Crippen LogP) is -1.50. The van der Waals surface area contributed by atoms with Crippen molar-refractivity contribution in [2.24, 2.45) is 4.99 Å². The van der Waals surface area contributed by atoms with Crippen LogP contribution in [0.5, 0.6) is 0 Å². The van der Waals surface area contributed by atoms with Crippen LogP contribution in [-0.2, 0) is 4.79 Å². The highest BCUT2D eigenvalue weighted by Crippen LogP contribution is 2.04. The van der Waals surface area contributed by atoms with Gasteiger partial charge >= 0.3 is 0 Å². The number of fused-ring (bicyclic) bond motifs is 1. The molecule has 3 N–H and O–H groups in total. The minimum atomic E-state index is -0.0750. The largest absolute Gasteiger partial charge is 0.351 e. The molecule has 2 heterocycles. The van der Waals surface area contributed by atoms with Gasteiger partial charge in [0.1, 0.15) is 6.17 Å². The number of hydrogen-bond acceptors (Lipinski definition) is 4. The van der Waals surface area contributed by atoms with Gasteiger partial charge in [0.2, 0.25) is 5.91 Å². The molecule has 2 aliphatic rings. The number of hydrogen-bond donors (Lipinski definition) is 3. The van der Waals surface area contributed by atoms with Crippen molar-refractivity contribution in [3.8, 4) is 0 Å². The van der Waals surface area contributed by atoms with E-state index in [-0.39, 0.29) is 12.1 Å². The molecule has 0 spiro atoms. The lowest BCUT2D eigenvalue weighted by atomic mass is 10.3. The molecule has 2 aliphatic heterocycles. The van der Waals surface area contributed by atoms with Gasteiger partial charge in [-0.3, -0.25) is 15.1 Å². The summed E-state index contributed by atoms with van der Waals surface area (Å²) in [6, 6.07) is 0. The summed E-state index contributed by atoms with van der Waals surface area (Å²) in [7, 11) is 0. The average Bonchev–Trinajstić information content (AvgIpc) is 2.04. The highest BCUT2D eigenvalue weighted by Gasteiger charge is 2.22. The van der Waals surface area contributed by atoms with E-state index in [1.807, 2.05) is 0 Å². The zero-order chi connectivity index (χ0) is 7.68. The molecule has 1 amide bonds. The predicted molar refractivity (Wildman–Crippen MR) is 39.6 cm³/mol. The van der Waals surface area contributed by atoms with Crippen LogP contribution in [0.1, 0.15) is 0 Å². The fraction of sp³-hybridized carbons (Fsp3) is 0.333. The summed E-state index contributed by atoms with van der Waals surface area (Å²) in [5, 5.41) is 8.45. The summed E-state index contributed by atoms with van der Waals surface area (Å²) >= 11 is 0. The van der Waals surface area contributed by atoms with Crippen molar-refractivity contribution in [1.82, 2.24) is 16.0 Å². The second-order valence-electron chi connectivity index (χ2n) is 2.38. The normalized spacial score (nSPS) is 28.2. The van der Waals surface area contributed by atoms with E-state index in [1.54, 1.807) is 12.5 Å². The van der Waals surface area contributed by atoms with Crippen LogP contribution in [-0.4, -0.2) is 25.0 Å². The molecule has 0 aromatic carbocycles. The third kappa shape index (κ3) is 1.10. The van der Waals surface area contributed by atoms with Gasteiger partial charge in [-0.1, -0.05) is 0 Å². The van der Waals surface area contributed by atoms with E-state index >= 15 is 0 Å². The zero-order valence-corrected chi connectivity index (χ0v) is 5.79. The Bertz CT molecular complexity index is 245. The van der Waals surface area contributed by atoms with E-state index in [1.165, 1.54) is 0 Å². The molecule has 1 saturated heterocycles. The van der Waals surface area contributed by atoms with E-state index in [2.05, 4.69) is 20.9 Å². The minimum Gasteiger partial charge on any atom is -0.351 e. The number of nitrogens with one attached hydrogen (secondary N) is 3. The molecule has 1 atom stereocenters. The molecule has 0 aromatic rings. The fourth-order valence-corrected chi connectivity index (χ4v) is 1.07. The molecule has 0 bridgehead atoms. The van der Waals surface area contributed by atoms with Crippen molar-refractivity contribution in [3.05, 3.63) is 11.9 Å². The Hall–Kier alpha value is -1.36. The van der Waals surface area contributed by atoms with Gasteiger partial charge in [0, 0.05) is 6.20 Å². The third-order valence-electron chi connectivity index (χ3n) is 1.57. The van der Waals surface area contributed by atoms with Crippen LogP contribution in [0.2, 0.25) is 0 Å². The van der Waals surface area contributed by atoms with E-state index in [0.717, 1.165) is 5.70 Å². The number of piperazine rings is 1. The highest BCUT2D eigenvalue weighted by molar-refractivity contribution is 5.81. The Morgan fingerprint density at radius 2 is 2.55 bits per heavy atom. The van der Waals surface area contributed by atoms with E-state index in [4.69, 9.17) is 0 Å². The van der Waals surface area contributed by atoms with Gasteiger partial charge in [-0.2, -0.15) is 0 Å². The van der Waals surface area contributed by atoms with Crippen molar-refractivity contribution in [2.75, 3.05) is 6.54 Å². The Kier molecular flexibility index (Phi) is 1.36. The maximum atomic E-state index is 10.8. The number of amides is 1. The van der Waals surface area contributed by atoms with Gasteiger partial charge < -0.3 is 10.6 Å². The van der Waals surface area contributed by atoms with Crippen molar-refractivity contribution in [2.45, 2.75) is 6.17 Å². The minimum absolute atomic E-state index is 0.0219. The SMILES string of the molecule is O=C1CNC2N=CNC=C2N1. The quantitative estimate of drug-likeness (QED) is 0.396. The Labute approximate surface area is 63.6 Å². The molecule has 11 heavy (non-hydrogen) atoms. The fourth-order valence-electron chi connectivity index (χ4n) is 1.07. The summed E-state index contributed by atoms with van der Waals surface area (Å²) in [5.74, 6) is -0.0219. The summed E-state index contributed by atoms with van der Waals surface area (Å²) in [5.41, 5.74) is 0.781. The van der Waals surface area contributed by atoms with Crippen LogP contribution < -0.4 is 16.0 Å². The summed E-state index contributed by atoms with van der Waals surface area (Å²) in [6.45, 7) is 0.333. The Morgan fingerprint density at radius 3 is 3.45 bits per heavy atom. The highest BCUT2D eigenvalue weighted by atomic mass is 16.2. The van der Waals surface area contributed by atoms with Crippen LogP contribution in [0, 0.1) is 0 Å². The van der Waals surface area contributed by atoms with Crippen LogP contribution in [0.3, 0.4) is 0 Å². The molecule has 2 rings (SSSR count). The molecule has 1 fully saturated rings. The van der Waals surface area contributed by atoms with Gasteiger partial charge in [-0.25, -0.2) is 0 Å². The number of aliphatic imine (C=N–C) groups is 1. The monoisotopic (exact) mass is 152 g/mol. The first-order valence-electron chi connectivity index (χ1n) is 3.37. The lowest BCUT2D eigenvalue weighted by Crippen LogP contribution is -2.50. The number of carbonyl (C=O) groups is 1. The van der Waals surface area contributed by atoms with Gasteiger partial charge in [0.25, 0.3) is 0 Å². The molecular formula is C6H8N4O.